The SMILES string of the molecule is C[C@@]1(C2C=C(N)C=CC2)CCSC(N)=N1. The summed E-state index contributed by atoms with van der Waals surface area (Å²) in [6, 6.07) is 0. The molecule has 0 saturated heterocycles. The van der Waals surface area contributed by atoms with Gasteiger partial charge in [-0.15, -0.1) is 0 Å². The second kappa shape index (κ2) is 3.93. The van der Waals surface area contributed by atoms with E-state index in [9.17, 15) is 0 Å². The highest BCUT2D eigenvalue weighted by molar-refractivity contribution is 8.13. The van der Waals surface area contributed by atoms with Gasteiger partial charge in [0.1, 0.15) is 0 Å². The quantitative estimate of drug-likeness (QED) is 0.710. The van der Waals surface area contributed by atoms with Crippen LogP contribution in [0.2, 0.25) is 0 Å². The molecule has 0 fully saturated rings. The number of rotatable bonds is 1. The molecule has 1 heterocycles. The topological polar surface area (TPSA) is 64.4 Å². The highest BCUT2D eigenvalue weighted by atomic mass is 32.2. The van der Waals surface area contributed by atoms with Gasteiger partial charge in [0.25, 0.3) is 0 Å². The maximum absolute atomic E-state index is 5.81. The first-order valence-corrected chi connectivity index (χ1v) is 6.21. The Labute approximate surface area is 94.7 Å². The van der Waals surface area contributed by atoms with Crippen molar-refractivity contribution in [2.45, 2.75) is 25.3 Å². The molecule has 0 saturated carbocycles. The van der Waals surface area contributed by atoms with Crippen LogP contribution in [0.4, 0.5) is 0 Å². The molecule has 82 valence electrons. The lowest BCUT2D eigenvalue weighted by atomic mass is 9.79. The molecule has 1 aliphatic heterocycles. The van der Waals surface area contributed by atoms with Crippen molar-refractivity contribution in [1.29, 1.82) is 0 Å². The Kier molecular flexibility index (Phi) is 2.78. The van der Waals surface area contributed by atoms with E-state index >= 15 is 0 Å². The molecule has 4 heteroatoms. The van der Waals surface area contributed by atoms with Gasteiger partial charge in [0.15, 0.2) is 5.17 Å². The lowest BCUT2D eigenvalue weighted by molar-refractivity contribution is 0.341. The zero-order chi connectivity index (χ0) is 10.9. The summed E-state index contributed by atoms with van der Waals surface area (Å²) in [5.41, 5.74) is 12.4. The molecule has 0 spiro atoms. The highest BCUT2D eigenvalue weighted by Gasteiger charge is 2.35. The van der Waals surface area contributed by atoms with Crippen LogP contribution in [0.25, 0.3) is 0 Å². The Morgan fingerprint density at radius 2 is 2.33 bits per heavy atom. The number of amidine groups is 1. The highest BCUT2D eigenvalue weighted by Crippen LogP contribution is 2.36. The summed E-state index contributed by atoms with van der Waals surface area (Å²) in [6.45, 7) is 2.17. The van der Waals surface area contributed by atoms with Gasteiger partial charge in [0.05, 0.1) is 5.54 Å². The fraction of sp³-hybridized carbons (Fsp3) is 0.545. The minimum Gasteiger partial charge on any atom is -0.399 e. The number of nitrogens with two attached hydrogens (primary N) is 2. The van der Waals surface area contributed by atoms with Crippen molar-refractivity contribution in [2.24, 2.45) is 22.4 Å². The van der Waals surface area contributed by atoms with E-state index in [1.165, 1.54) is 0 Å². The molecule has 1 aliphatic carbocycles. The van der Waals surface area contributed by atoms with Gasteiger partial charge in [-0.3, -0.25) is 4.99 Å². The minimum atomic E-state index is -0.0648. The molecule has 15 heavy (non-hydrogen) atoms. The van der Waals surface area contributed by atoms with Crippen LogP contribution in [0.1, 0.15) is 19.8 Å². The van der Waals surface area contributed by atoms with Crippen LogP contribution in [0, 0.1) is 5.92 Å². The Balaban J connectivity index is 2.22. The van der Waals surface area contributed by atoms with Crippen LogP contribution in [-0.2, 0) is 0 Å². The first-order chi connectivity index (χ1) is 7.10. The maximum atomic E-state index is 5.81. The van der Waals surface area contributed by atoms with Gasteiger partial charge in [-0.1, -0.05) is 23.9 Å². The first-order valence-electron chi connectivity index (χ1n) is 5.22. The standard InChI is InChI=1S/C11H17N3S/c1-11(5-6-15-10(13)14-11)8-3-2-4-9(12)7-8/h2,4,7-8H,3,5-6,12H2,1H3,(H2,13,14)/t8?,11-/m0/s1. The second-order valence-electron chi connectivity index (χ2n) is 4.32. The van der Waals surface area contributed by atoms with Crippen LogP contribution < -0.4 is 11.5 Å². The minimum absolute atomic E-state index is 0.0648. The van der Waals surface area contributed by atoms with Gasteiger partial charge >= 0.3 is 0 Å². The number of hydrogen-bond acceptors (Lipinski definition) is 4. The van der Waals surface area contributed by atoms with E-state index in [1.54, 1.807) is 11.8 Å². The summed E-state index contributed by atoms with van der Waals surface area (Å²) in [5, 5.41) is 0.713. The zero-order valence-electron chi connectivity index (χ0n) is 8.94. The van der Waals surface area contributed by atoms with E-state index in [2.05, 4.69) is 24.1 Å². The predicted molar refractivity (Wildman–Crippen MR) is 66.6 cm³/mol. The van der Waals surface area contributed by atoms with Gasteiger partial charge in [-0.2, -0.15) is 0 Å². The third-order valence-electron chi connectivity index (χ3n) is 3.12. The summed E-state index contributed by atoms with van der Waals surface area (Å²) in [4.78, 5) is 4.60. The van der Waals surface area contributed by atoms with E-state index in [4.69, 9.17) is 11.5 Å². The summed E-state index contributed by atoms with van der Waals surface area (Å²) in [5.74, 6) is 1.45. The molecule has 1 unspecified atom stereocenters. The molecule has 0 aromatic carbocycles. The van der Waals surface area contributed by atoms with Crippen LogP contribution in [0.5, 0.6) is 0 Å². The van der Waals surface area contributed by atoms with Crippen molar-refractivity contribution in [2.75, 3.05) is 5.75 Å². The van der Waals surface area contributed by atoms with Gasteiger partial charge in [-0.25, -0.2) is 0 Å². The number of nitrogens with zero attached hydrogens (tertiary/aromatic N) is 1. The number of hydrogen-bond donors (Lipinski definition) is 2. The van der Waals surface area contributed by atoms with Gasteiger partial charge < -0.3 is 11.5 Å². The monoisotopic (exact) mass is 223 g/mol. The van der Waals surface area contributed by atoms with Crippen LogP contribution in [-0.4, -0.2) is 16.5 Å². The van der Waals surface area contributed by atoms with Crippen LogP contribution in [0.3, 0.4) is 0 Å². The number of thioether (sulfide) groups is 1. The molecule has 2 aliphatic rings. The van der Waals surface area contributed by atoms with Gasteiger partial charge in [-0.05, 0) is 25.8 Å². The Morgan fingerprint density at radius 1 is 1.53 bits per heavy atom. The molecule has 0 aromatic heterocycles. The van der Waals surface area contributed by atoms with Crippen molar-refractivity contribution >= 4 is 16.9 Å². The smallest absolute Gasteiger partial charge is 0.154 e. The van der Waals surface area contributed by atoms with Crippen molar-refractivity contribution in [1.82, 2.24) is 0 Å². The average molecular weight is 223 g/mol. The molecule has 3 nitrogen and oxygen atoms in total. The van der Waals surface area contributed by atoms with E-state index in [1.807, 2.05) is 6.08 Å². The van der Waals surface area contributed by atoms with Crippen LogP contribution >= 0.6 is 11.8 Å². The molecule has 0 aromatic rings. The maximum Gasteiger partial charge on any atom is 0.154 e. The third kappa shape index (κ3) is 2.20. The summed E-state index contributed by atoms with van der Waals surface area (Å²) in [6.07, 6.45) is 8.29. The van der Waals surface area contributed by atoms with Crippen molar-refractivity contribution in [3.8, 4) is 0 Å². The lowest BCUT2D eigenvalue weighted by Crippen LogP contribution is -2.38. The summed E-state index contributed by atoms with van der Waals surface area (Å²) in [7, 11) is 0. The molecule has 2 rings (SSSR count). The van der Waals surface area contributed by atoms with Crippen LogP contribution in [0.15, 0.2) is 28.9 Å². The second-order valence-corrected chi connectivity index (χ2v) is 5.43. The van der Waals surface area contributed by atoms with Crippen molar-refractivity contribution in [3.63, 3.8) is 0 Å². The Morgan fingerprint density at radius 3 is 3.00 bits per heavy atom. The van der Waals surface area contributed by atoms with E-state index in [-0.39, 0.29) is 5.54 Å². The largest absolute Gasteiger partial charge is 0.399 e. The number of aliphatic imine (C=N–C) groups is 1. The zero-order valence-corrected chi connectivity index (χ0v) is 9.76. The molecule has 4 N–H and O–H groups in total. The molecule has 0 bridgehead atoms. The Bertz CT molecular complexity index is 346. The number of allylic oxidation sites excluding steroid dienone is 2. The first kappa shape index (κ1) is 10.6. The van der Waals surface area contributed by atoms with Gasteiger partial charge in [0, 0.05) is 17.4 Å². The van der Waals surface area contributed by atoms with Crippen molar-refractivity contribution in [3.05, 3.63) is 23.9 Å². The molecule has 0 amide bonds. The molecular weight excluding hydrogens is 206 g/mol. The van der Waals surface area contributed by atoms with E-state index in [0.717, 1.165) is 24.3 Å². The van der Waals surface area contributed by atoms with E-state index in [0.29, 0.717) is 11.1 Å². The normalized spacial score (nSPS) is 35.9. The predicted octanol–water partition coefficient (Wildman–Crippen LogP) is 1.62. The summed E-state index contributed by atoms with van der Waals surface area (Å²) >= 11 is 1.64. The molecule has 2 atom stereocenters. The third-order valence-corrected chi connectivity index (χ3v) is 3.91. The Hall–Kier alpha value is -0.900. The van der Waals surface area contributed by atoms with E-state index < -0.39 is 0 Å². The summed E-state index contributed by atoms with van der Waals surface area (Å²) < 4.78 is 0. The lowest BCUT2D eigenvalue weighted by Gasteiger charge is -2.36. The fourth-order valence-electron chi connectivity index (χ4n) is 2.11. The molecular formula is C11H17N3S. The van der Waals surface area contributed by atoms with Crippen molar-refractivity contribution < 1.29 is 0 Å². The average Bonchev–Trinajstić information content (AvgIpc) is 2.17. The van der Waals surface area contributed by atoms with Gasteiger partial charge in [0.2, 0.25) is 0 Å². The fourth-order valence-corrected chi connectivity index (χ4v) is 3.11. The molecule has 0 radical (unpaired) electrons.